The van der Waals surface area contributed by atoms with Crippen LogP contribution in [0.4, 0.5) is 5.69 Å². The molecule has 0 aliphatic heterocycles. The maximum Gasteiger partial charge on any atom is 0.250 e. The van der Waals surface area contributed by atoms with Crippen molar-refractivity contribution in [1.29, 1.82) is 0 Å². The molecule has 0 bridgehead atoms. The first-order chi connectivity index (χ1) is 8.28. The van der Waals surface area contributed by atoms with Crippen LogP contribution in [0.15, 0.2) is 23.1 Å². The Labute approximate surface area is 108 Å². The molecule has 102 valence electrons. The number of nitrogen functional groups attached to an aromatic ring is 1. The van der Waals surface area contributed by atoms with Crippen LogP contribution in [0.3, 0.4) is 0 Å². The van der Waals surface area contributed by atoms with Gasteiger partial charge in [-0.1, -0.05) is 0 Å². The van der Waals surface area contributed by atoms with Crippen molar-refractivity contribution in [2.45, 2.75) is 6.54 Å². The monoisotopic (exact) mass is 292 g/mol. The van der Waals surface area contributed by atoms with Gasteiger partial charge in [-0.2, -0.15) is 0 Å². The maximum absolute atomic E-state index is 11.6. The Morgan fingerprint density at radius 2 is 2.00 bits per heavy atom. The summed E-state index contributed by atoms with van der Waals surface area (Å²) in [5, 5.41) is 0. The van der Waals surface area contributed by atoms with E-state index < -0.39 is 20.6 Å². The van der Waals surface area contributed by atoms with Gasteiger partial charge < -0.3 is 10.3 Å². The minimum absolute atomic E-state index is 0.0932. The maximum atomic E-state index is 11.6. The summed E-state index contributed by atoms with van der Waals surface area (Å²) in [4.78, 5) is 11.4. The summed E-state index contributed by atoms with van der Waals surface area (Å²) < 4.78 is 34.7. The average molecular weight is 292 g/mol. The number of pyridine rings is 1. The molecule has 0 amide bonds. The van der Waals surface area contributed by atoms with E-state index in [9.17, 15) is 17.4 Å². The minimum Gasteiger partial charge on any atom is -0.398 e. The van der Waals surface area contributed by atoms with Gasteiger partial charge in [0.05, 0.1) is 5.75 Å². The summed E-state index contributed by atoms with van der Waals surface area (Å²) in [5.41, 5.74) is 5.77. The second-order valence-corrected chi connectivity index (χ2v) is 7.93. The highest BCUT2D eigenvalue weighted by Gasteiger charge is 2.07. The van der Waals surface area contributed by atoms with E-state index in [1.54, 1.807) is 0 Å². The molecule has 0 aromatic carbocycles. The van der Waals surface area contributed by atoms with Gasteiger partial charge in [-0.25, -0.2) is 8.42 Å². The van der Waals surface area contributed by atoms with Gasteiger partial charge in [-0.05, 0) is 6.07 Å². The number of sulfone groups is 1. The molecule has 1 heterocycles. The van der Waals surface area contributed by atoms with Gasteiger partial charge in [-0.15, -0.1) is 0 Å². The van der Waals surface area contributed by atoms with E-state index in [1.165, 1.54) is 22.9 Å². The van der Waals surface area contributed by atoms with E-state index in [-0.39, 0.29) is 29.4 Å². The lowest BCUT2D eigenvalue weighted by molar-refractivity contribution is 0.602. The van der Waals surface area contributed by atoms with Crippen LogP contribution in [0.2, 0.25) is 0 Å². The fraction of sp³-hybridized carbons (Fsp3) is 0.500. The first-order valence-corrected chi connectivity index (χ1v) is 8.81. The molecule has 1 atom stereocenters. The van der Waals surface area contributed by atoms with Crippen molar-refractivity contribution < 1.29 is 12.6 Å². The van der Waals surface area contributed by atoms with E-state index in [2.05, 4.69) is 0 Å². The van der Waals surface area contributed by atoms with Crippen LogP contribution in [-0.2, 0) is 27.2 Å². The molecule has 0 saturated carbocycles. The summed E-state index contributed by atoms with van der Waals surface area (Å²) >= 11 is 0. The number of aryl methyl sites for hydroxylation is 1. The molecule has 8 heteroatoms. The Morgan fingerprint density at radius 3 is 2.61 bits per heavy atom. The van der Waals surface area contributed by atoms with E-state index in [1.807, 2.05) is 0 Å². The highest BCUT2D eigenvalue weighted by atomic mass is 32.2. The van der Waals surface area contributed by atoms with Crippen molar-refractivity contribution in [2.24, 2.45) is 0 Å². The van der Waals surface area contributed by atoms with E-state index in [4.69, 9.17) is 5.73 Å². The van der Waals surface area contributed by atoms with Crippen molar-refractivity contribution in [3.63, 3.8) is 0 Å². The normalized spacial score (nSPS) is 13.4. The minimum atomic E-state index is -3.10. The van der Waals surface area contributed by atoms with Gasteiger partial charge in [0.15, 0.2) is 0 Å². The third kappa shape index (κ3) is 5.46. The van der Waals surface area contributed by atoms with Crippen molar-refractivity contribution in [3.05, 3.63) is 28.7 Å². The van der Waals surface area contributed by atoms with Crippen molar-refractivity contribution in [1.82, 2.24) is 4.57 Å². The number of aromatic nitrogens is 1. The molecule has 2 N–H and O–H groups in total. The molecule has 1 aromatic heterocycles. The molecule has 1 aromatic rings. The van der Waals surface area contributed by atoms with Crippen LogP contribution in [-0.4, -0.2) is 40.7 Å². The van der Waals surface area contributed by atoms with Crippen LogP contribution in [0.25, 0.3) is 0 Å². The number of rotatable bonds is 6. The van der Waals surface area contributed by atoms with Gasteiger partial charge in [-0.3, -0.25) is 9.00 Å². The van der Waals surface area contributed by atoms with Crippen LogP contribution >= 0.6 is 0 Å². The highest BCUT2D eigenvalue weighted by Crippen LogP contribution is 1.97. The summed E-state index contributed by atoms with van der Waals surface area (Å²) in [7, 11) is -4.36. The predicted molar refractivity (Wildman–Crippen MR) is 72.7 cm³/mol. The van der Waals surface area contributed by atoms with Gasteiger partial charge >= 0.3 is 0 Å². The van der Waals surface area contributed by atoms with E-state index in [0.717, 1.165) is 6.26 Å². The first-order valence-electron chi connectivity index (χ1n) is 5.26. The van der Waals surface area contributed by atoms with Crippen molar-refractivity contribution in [3.8, 4) is 0 Å². The average Bonchev–Trinajstić information content (AvgIpc) is 2.26. The lowest BCUT2D eigenvalue weighted by Crippen LogP contribution is -2.23. The fourth-order valence-electron chi connectivity index (χ4n) is 1.27. The first kappa shape index (κ1) is 14.9. The number of anilines is 1. The van der Waals surface area contributed by atoms with Crippen LogP contribution in [0.1, 0.15) is 0 Å². The molecule has 0 spiro atoms. The molecule has 0 radical (unpaired) electrons. The van der Waals surface area contributed by atoms with Crippen LogP contribution < -0.4 is 11.3 Å². The SMILES string of the molecule is CS(=O)(=O)CCS(=O)CCn1cc(N)ccc1=O. The van der Waals surface area contributed by atoms with E-state index >= 15 is 0 Å². The zero-order chi connectivity index (χ0) is 13.8. The van der Waals surface area contributed by atoms with Crippen LogP contribution in [0.5, 0.6) is 0 Å². The second kappa shape index (κ2) is 6.14. The molecular formula is C10H16N2O4S2. The number of nitrogens with zero attached hydrogens (tertiary/aromatic N) is 1. The zero-order valence-corrected chi connectivity index (χ0v) is 11.7. The zero-order valence-electron chi connectivity index (χ0n) is 10.0. The molecule has 0 aliphatic rings. The number of hydrogen-bond acceptors (Lipinski definition) is 5. The molecule has 0 fully saturated rings. The Balaban J connectivity index is 2.53. The smallest absolute Gasteiger partial charge is 0.250 e. The highest BCUT2D eigenvalue weighted by molar-refractivity contribution is 7.92. The standard InChI is InChI=1S/C10H16N2O4S2/c1-18(15,16)7-6-17(14)5-4-12-8-9(11)2-3-10(12)13/h2-3,8H,4-7,11H2,1H3. The fourth-order valence-corrected chi connectivity index (χ4v) is 3.83. The molecule has 1 rings (SSSR count). The lowest BCUT2D eigenvalue weighted by Gasteiger charge is -2.06. The summed E-state index contributed by atoms with van der Waals surface area (Å²) in [6, 6.07) is 2.84. The molecule has 18 heavy (non-hydrogen) atoms. The quantitative estimate of drug-likeness (QED) is 0.742. The van der Waals surface area contributed by atoms with E-state index in [0.29, 0.717) is 5.69 Å². The van der Waals surface area contributed by atoms with Crippen LogP contribution in [0, 0.1) is 0 Å². The van der Waals surface area contributed by atoms with Gasteiger partial charge in [0.25, 0.3) is 5.56 Å². The number of nitrogens with two attached hydrogens (primary N) is 1. The third-order valence-corrected chi connectivity index (χ3v) is 4.75. The summed E-state index contributed by atoms with van der Waals surface area (Å²) in [6.45, 7) is 0.264. The summed E-state index contributed by atoms with van der Waals surface area (Å²) in [6.07, 6.45) is 2.59. The molecular weight excluding hydrogens is 276 g/mol. The molecule has 1 unspecified atom stereocenters. The summed E-state index contributed by atoms with van der Waals surface area (Å²) in [5.74, 6) is 0.222. The van der Waals surface area contributed by atoms with Crippen molar-refractivity contribution in [2.75, 3.05) is 29.2 Å². The topological polar surface area (TPSA) is 99.2 Å². The molecule has 6 nitrogen and oxygen atoms in total. The number of hydrogen-bond donors (Lipinski definition) is 1. The Kier molecular flexibility index (Phi) is 5.09. The predicted octanol–water partition coefficient (Wildman–Crippen LogP) is -0.776. The molecule has 0 aliphatic carbocycles. The van der Waals surface area contributed by atoms with Gasteiger partial charge in [0.1, 0.15) is 9.84 Å². The largest absolute Gasteiger partial charge is 0.398 e. The Bertz CT molecular complexity index is 592. The Morgan fingerprint density at radius 1 is 1.33 bits per heavy atom. The van der Waals surface area contributed by atoms with Gasteiger partial charge in [0, 0.05) is 53.1 Å². The Hall–Kier alpha value is -1.15. The van der Waals surface area contributed by atoms with Crippen molar-refractivity contribution >= 4 is 26.3 Å². The molecule has 0 saturated heterocycles. The third-order valence-electron chi connectivity index (χ3n) is 2.25. The van der Waals surface area contributed by atoms with Gasteiger partial charge in [0.2, 0.25) is 0 Å². The second-order valence-electron chi connectivity index (χ2n) is 3.97. The lowest BCUT2D eigenvalue weighted by atomic mass is 10.4.